The highest BCUT2D eigenvalue weighted by molar-refractivity contribution is 6.04. The van der Waals surface area contributed by atoms with Crippen molar-refractivity contribution < 1.29 is 19.1 Å². The minimum absolute atomic E-state index is 0.0551. The standard InChI is InChI=1S/C23H29N3O4/c1-30-19-6-3-15(4-7-19)10-11-26-22(28)20(25-23(26)29)8-9-21(27)24-14-18-13-16-2-5-17(18)12-16/h2-7,16-18,20H,8-14H2,1H3,(H,24,27)(H,25,29)/t16-,17-,18-,20+/m0/s1. The lowest BCUT2D eigenvalue weighted by atomic mass is 9.93. The van der Waals surface area contributed by atoms with Gasteiger partial charge >= 0.3 is 6.03 Å². The highest BCUT2D eigenvalue weighted by Gasteiger charge is 2.38. The van der Waals surface area contributed by atoms with Crippen molar-refractivity contribution in [2.75, 3.05) is 20.2 Å². The molecule has 4 atom stereocenters. The van der Waals surface area contributed by atoms with Gasteiger partial charge in [-0.25, -0.2) is 4.79 Å². The molecule has 3 aliphatic rings. The zero-order valence-corrected chi connectivity index (χ0v) is 17.3. The summed E-state index contributed by atoms with van der Waals surface area (Å²) in [6.07, 6.45) is 8.08. The topological polar surface area (TPSA) is 87.7 Å². The van der Waals surface area contributed by atoms with Crippen molar-refractivity contribution in [3.05, 3.63) is 42.0 Å². The quantitative estimate of drug-likeness (QED) is 0.482. The van der Waals surface area contributed by atoms with E-state index in [1.807, 2.05) is 24.3 Å². The van der Waals surface area contributed by atoms with E-state index in [2.05, 4.69) is 22.8 Å². The Bertz CT molecular complexity index is 835. The van der Waals surface area contributed by atoms with Crippen LogP contribution in [0.3, 0.4) is 0 Å². The summed E-state index contributed by atoms with van der Waals surface area (Å²) < 4.78 is 5.14. The van der Waals surface area contributed by atoms with Gasteiger partial charge in [0.25, 0.3) is 5.91 Å². The Balaban J connectivity index is 1.19. The van der Waals surface area contributed by atoms with Crippen molar-refractivity contribution >= 4 is 17.8 Å². The highest BCUT2D eigenvalue weighted by atomic mass is 16.5. The van der Waals surface area contributed by atoms with Crippen LogP contribution in [0.1, 0.15) is 31.2 Å². The molecule has 1 saturated carbocycles. The van der Waals surface area contributed by atoms with Crippen molar-refractivity contribution in [2.45, 2.75) is 38.1 Å². The zero-order chi connectivity index (χ0) is 21.1. The molecule has 4 rings (SSSR count). The number of fused-ring (bicyclic) bond motifs is 2. The third-order valence-electron chi connectivity index (χ3n) is 6.53. The molecule has 30 heavy (non-hydrogen) atoms. The van der Waals surface area contributed by atoms with E-state index in [1.54, 1.807) is 7.11 Å². The number of methoxy groups -OCH3 is 1. The Morgan fingerprint density at radius 1 is 1.20 bits per heavy atom. The largest absolute Gasteiger partial charge is 0.497 e. The van der Waals surface area contributed by atoms with Crippen LogP contribution in [0.25, 0.3) is 0 Å². The average Bonchev–Trinajstić information content (AvgIpc) is 3.45. The predicted molar refractivity (Wildman–Crippen MR) is 112 cm³/mol. The van der Waals surface area contributed by atoms with Crippen LogP contribution in [0.2, 0.25) is 0 Å². The maximum Gasteiger partial charge on any atom is 0.324 e. The number of nitrogens with one attached hydrogen (secondary N) is 2. The van der Waals surface area contributed by atoms with Gasteiger partial charge in [-0.3, -0.25) is 14.5 Å². The van der Waals surface area contributed by atoms with Crippen molar-refractivity contribution in [2.24, 2.45) is 17.8 Å². The molecule has 0 unspecified atom stereocenters. The van der Waals surface area contributed by atoms with Gasteiger partial charge in [-0.05, 0) is 61.1 Å². The molecule has 2 aliphatic carbocycles. The lowest BCUT2D eigenvalue weighted by Crippen LogP contribution is -2.35. The van der Waals surface area contributed by atoms with E-state index in [0.717, 1.165) is 17.7 Å². The molecule has 1 aromatic rings. The number of carbonyl (C=O) groups excluding carboxylic acids is 3. The number of amides is 4. The van der Waals surface area contributed by atoms with Gasteiger partial charge in [0.2, 0.25) is 5.91 Å². The third kappa shape index (κ3) is 4.50. The predicted octanol–water partition coefficient (Wildman–Crippen LogP) is 2.27. The summed E-state index contributed by atoms with van der Waals surface area (Å²) in [6.45, 7) is 1.01. The van der Waals surface area contributed by atoms with Crippen LogP contribution in [0, 0.1) is 17.8 Å². The first-order valence-corrected chi connectivity index (χ1v) is 10.7. The Hall–Kier alpha value is -2.83. The number of nitrogens with zero attached hydrogens (tertiary/aromatic N) is 1. The van der Waals surface area contributed by atoms with Gasteiger partial charge in [-0.15, -0.1) is 0 Å². The minimum Gasteiger partial charge on any atom is -0.497 e. The fraction of sp³-hybridized carbons (Fsp3) is 0.522. The number of rotatable bonds is 9. The second kappa shape index (κ2) is 8.90. The number of imide groups is 1. The number of allylic oxidation sites excluding steroid dienone is 2. The van der Waals surface area contributed by atoms with Gasteiger partial charge in [0, 0.05) is 19.5 Å². The monoisotopic (exact) mass is 411 g/mol. The Morgan fingerprint density at radius 3 is 2.67 bits per heavy atom. The lowest BCUT2D eigenvalue weighted by molar-refractivity contribution is -0.127. The van der Waals surface area contributed by atoms with E-state index >= 15 is 0 Å². The second-order valence-corrected chi connectivity index (χ2v) is 8.47. The van der Waals surface area contributed by atoms with E-state index in [9.17, 15) is 14.4 Å². The fourth-order valence-electron chi connectivity index (χ4n) is 4.76. The van der Waals surface area contributed by atoms with Crippen LogP contribution in [-0.2, 0) is 16.0 Å². The first-order chi connectivity index (χ1) is 14.5. The van der Waals surface area contributed by atoms with E-state index in [-0.39, 0.29) is 24.3 Å². The van der Waals surface area contributed by atoms with E-state index in [4.69, 9.17) is 4.74 Å². The SMILES string of the molecule is COc1ccc(CCN2C(=O)N[C@H](CCC(=O)NC[C@@H]3C[C@H]4C=C[C@H]3C4)C2=O)cc1. The van der Waals surface area contributed by atoms with E-state index in [1.165, 1.54) is 11.3 Å². The molecule has 1 aromatic carbocycles. The molecule has 0 radical (unpaired) electrons. The van der Waals surface area contributed by atoms with Crippen LogP contribution < -0.4 is 15.4 Å². The van der Waals surface area contributed by atoms with Gasteiger partial charge in [0.05, 0.1) is 7.11 Å². The van der Waals surface area contributed by atoms with Crippen LogP contribution >= 0.6 is 0 Å². The summed E-state index contributed by atoms with van der Waals surface area (Å²) in [6, 6.07) is 6.55. The molecule has 1 aliphatic heterocycles. The summed E-state index contributed by atoms with van der Waals surface area (Å²) in [5, 5.41) is 5.72. The number of ether oxygens (including phenoxy) is 1. The summed E-state index contributed by atoms with van der Waals surface area (Å²) >= 11 is 0. The van der Waals surface area contributed by atoms with Crippen molar-refractivity contribution in [1.82, 2.24) is 15.5 Å². The van der Waals surface area contributed by atoms with Crippen molar-refractivity contribution in [3.8, 4) is 5.75 Å². The molecule has 7 nitrogen and oxygen atoms in total. The van der Waals surface area contributed by atoms with E-state index in [0.29, 0.717) is 43.7 Å². The Kier molecular flexibility index (Phi) is 6.06. The lowest BCUT2D eigenvalue weighted by Gasteiger charge is -2.18. The number of benzene rings is 1. The first-order valence-electron chi connectivity index (χ1n) is 10.7. The normalized spacial score (nSPS) is 26.9. The molecule has 2 bridgehead atoms. The molecule has 7 heteroatoms. The first kappa shape index (κ1) is 20.4. The fourth-order valence-corrected chi connectivity index (χ4v) is 4.76. The minimum atomic E-state index is -0.621. The van der Waals surface area contributed by atoms with Gasteiger partial charge in [-0.1, -0.05) is 24.3 Å². The molecule has 4 amide bonds. The molecule has 0 spiro atoms. The summed E-state index contributed by atoms with van der Waals surface area (Å²) in [5.41, 5.74) is 1.02. The van der Waals surface area contributed by atoms with Crippen molar-refractivity contribution in [3.63, 3.8) is 0 Å². The van der Waals surface area contributed by atoms with E-state index < -0.39 is 6.04 Å². The maximum absolute atomic E-state index is 12.6. The van der Waals surface area contributed by atoms with Crippen LogP contribution in [-0.4, -0.2) is 49.0 Å². The second-order valence-electron chi connectivity index (χ2n) is 8.47. The number of hydrogen-bond donors (Lipinski definition) is 2. The van der Waals surface area contributed by atoms with Gasteiger partial charge in [-0.2, -0.15) is 0 Å². The summed E-state index contributed by atoms with van der Waals surface area (Å²) in [4.78, 5) is 38.3. The van der Waals surface area contributed by atoms with Gasteiger partial charge in [0.1, 0.15) is 11.8 Å². The molecule has 1 saturated heterocycles. The highest BCUT2D eigenvalue weighted by Crippen LogP contribution is 2.42. The smallest absolute Gasteiger partial charge is 0.324 e. The Morgan fingerprint density at radius 2 is 2.00 bits per heavy atom. The average molecular weight is 412 g/mol. The number of carbonyl (C=O) groups is 3. The van der Waals surface area contributed by atoms with Crippen molar-refractivity contribution in [1.29, 1.82) is 0 Å². The van der Waals surface area contributed by atoms with Crippen LogP contribution in [0.15, 0.2) is 36.4 Å². The third-order valence-corrected chi connectivity index (χ3v) is 6.53. The molecular formula is C23H29N3O4. The van der Waals surface area contributed by atoms with Gasteiger partial charge in [0.15, 0.2) is 0 Å². The molecule has 0 aromatic heterocycles. The number of urea groups is 1. The van der Waals surface area contributed by atoms with Gasteiger partial charge < -0.3 is 15.4 Å². The number of hydrogen-bond acceptors (Lipinski definition) is 4. The molecule has 1 heterocycles. The Labute approximate surface area is 176 Å². The molecule has 160 valence electrons. The molecular weight excluding hydrogens is 382 g/mol. The van der Waals surface area contributed by atoms with Crippen LogP contribution in [0.5, 0.6) is 5.75 Å². The maximum atomic E-state index is 12.6. The zero-order valence-electron chi connectivity index (χ0n) is 17.3. The molecule has 2 N–H and O–H groups in total. The van der Waals surface area contributed by atoms with Crippen LogP contribution in [0.4, 0.5) is 4.79 Å². The summed E-state index contributed by atoms with van der Waals surface area (Å²) in [5.74, 6) is 2.28. The molecule has 2 fully saturated rings. The summed E-state index contributed by atoms with van der Waals surface area (Å²) in [7, 11) is 1.61.